The van der Waals surface area contributed by atoms with Gasteiger partial charge in [-0.1, -0.05) is 96.8 Å². The third kappa shape index (κ3) is 10.6. The standard InChI is InChI=1S/C24H18F2N2O2.C11H10BrNO.C9H9BrO/c1-14-6-7-17(22-12-15(2)28-30-22)13-19(14)16-8-10-18(11-9-16)27-24(29)23-20(25)4-3-5-21(23)26;1-7-3-4-9(6-10(7)12)11-5-8(2)13-14-11;1-6-3-4-8(7(2)11)5-9(6)10/h3-13H,1-2H3,(H,27,29);3-6H,1-2H3;3-5H,1-2H3. The zero-order chi connectivity index (χ0) is 39.8. The van der Waals surface area contributed by atoms with E-state index in [0.717, 1.165) is 77.2 Å². The molecular weight excluding hydrogens is 832 g/mol. The topological polar surface area (TPSA) is 98.2 Å². The summed E-state index contributed by atoms with van der Waals surface area (Å²) in [4.78, 5) is 23.1. The van der Waals surface area contributed by atoms with Crippen LogP contribution in [0.1, 0.15) is 55.7 Å². The highest BCUT2D eigenvalue weighted by molar-refractivity contribution is 9.10. The van der Waals surface area contributed by atoms with Gasteiger partial charge in [-0.25, -0.2) is 8.78 Å². The number of aromatic nitrogens is 2. The van der Waals surface area contributed by atoms with Crippen LogP contribution in [-0.2, 0) is 0 Å². The molecule has 2 heterocycles. The maximum absolute atomic E-state index is 13.8. The molecule has 1 amide bonds. The Hall–Kier alpha value is -5.52. The van der Waals surface area contributed by atoms with E-state index in [1.54, 1.807) is 19.1 Å². The Labute approximate surface area is 335 Å². The number of halogens is 4. The lowest BCUT2D eigenvalue weighted by Gasteiger charge is -2.10. The number of benzene rings is 5. The summed E-state index contributed by atoms with van der Waals surface area (Å²) >= 11 is 6.85. The van der Waals surface area contributed by atoms with Gasteiger partial charge in [-0.3, -0.25) is 9.59 Å². The molecule has 0 bridgehead atoms. The average molecular weight is 870 g/mol. The number of anilines is 1. The van der Waals surface area contributed by atoms with E-state index in [4.69, 9.17) is 9.05 Å². The lowest BCUT2D eigenvalue weighted by Crippen LogP contribution is -2.15. The summed E-state index contributed by atoms with van der Waals surface area (Å²) in [5.41, 5.74) is 9.60. The molecule has 280 valence electrons. The van der Waals surface area contributed by atoms with Gasteiger partial charge in [0.05, 0.1) is 11.4 Å². The van der Waals surface area contributed by atoms with Crippen molar-refractivity contribution in [1.82, 2.24) is 10.3 Å². The zero-order valence-corrected chi connectivity index (χ0v) is 34.1. The van der Waals surface area contributed by atoms with Crippen LogP contribution in [0.3, 0.4) is 0 Å². The van der Waals surface area contributed by atoms with Crippen molar-refractivity contribution >= 4 is 49.2 Å². The first-order valence-electron chi connectivity index (χ1n) is 17.1. The molecular formula is C44H37Br2F2N3O4. The number of carbonyl (C=O) groups is 2. The molecule has 0 aliphatic carbocycles. The second kappa shape index (κ2) is 18.2. The predicted molar refractivity (Wildman–Crippen MR) is 219 cm³/mol. The lowest BCUT2D eigenvalue weighted by atomic mass is 9.97. The van der Waals surface area contributed by atoms with E-state index in [9.17, 15) is 18.4 Å². The minimum Gasteiger partial charge on any atom is -0.356 e. The van der Waals surface area contributed by atoms with Crippen molar-refractivity contribution in [2.75, 3.05) is 5.32 Å². The van der Waals surface area contributed by atoms with E-state index >= 15 is 0 Å². The van der Waals surface area contributed by atoms with Crippen LogP contribution in [0.4, 0.5) is 14.5 Å². The third-order valence-corrected chi connectivity index (χ3v) is 10.2. The normalized spacial score (nSPS) is 10.5. The average Bonchev–Trinajstić information content (AvgIpc) is 3.79. The number of hydrogen-bond donors (Lipinski definition) is 1. The summed E-state index contributed by atoms with van der Waals surface area (Å²) in [6, 6.07) is 31.9. The summed E-state index contributed by atoms with van der Waals surface area (Å²) in [6.45, 7) is 11.4. The van der Waals surface area contributed by atoms with Crippen LogP contribution < -0.4 is 5.32 Å². The van der Waals surface area contributed by atoms with Crippen molar-refractivity contribution in [2.24, 2.45) is 0 Å². The van der Waals surface area contributed by atoms with Crippen LogP contribution in [0.15, 0.2) is 127 Å². The fourth-order valence-corrected chi connectivity index (χ4v) is 6.04. The van der Waals surface area contributed by atoms with E-state index in [-0.39, 0.29) is 5.78 Å². The number of nitrogens with zero attached hydrogens (tertiary/aromatic N) is 2. The van der Waals surface area contributed by atoms with Gasteiger partial charge >= 0.3 is 0 Å². The molecule has 0 saturated carbocycles. The maximum Gasteiger partial charge on any atom is 0.261 e. The number of amides is 1. The van der Waals surface area contributed by atoms with Crippen LogP contribution in [0.5, 0.6) is 0 Å². The molecule has 0 saturated heterocycles. The maximum atomic E-state index is 13.8. The quantitative estimate of drug-likeness (QED) is 0.167. The zero-order valence-electron chi connectivity index (χ0n) is 30.9. The first-order valence-corrected chi connectivity index (χ1v) is 18.7. The molecule has 5 aromatic carbocycles. The van der Waals surface area contributed by atoms with Crippen LogP contribution >= 0.6 is 31.9 Å². The van der Waals surface area contributed by atoms with E-state index in [2.05, 4.69) is 60.5 Å². The molecule has 7 nitrogen and oxygen atoms in total. The Morgan fingerprint density at radius 2 is 1.09 bits per heavy atom. The summed E-state index contributed by atoms with van der Waals surface area (Å²) in [5.74, 6) is -1.05. The molecule has 0 aliphatic heterocycles. The predicted octanol–water partition coefficient (Wildman–Crippen LogP) is 12.8. The highest BCUT2D eigenvalue weighted by atomic mass is 79.9. The van der Waals surface area contributed by atoms with Gasteiger partial charge in [0.15, 0.2) is 17.3 Å². The van der Waals surface area contributed by atoms with Crippen molar-refractivity contribution in [1.29, 1.82) is 0 Å². The van der Waals surface area contributed by atoms with Crippen molar-refractivity contribution in [3.63, 3.8) is 0 Å². The fraction of sp³-hybridized carbons (Fsp3) is 0.136. The Bertz CT molecular complexity index is 2450. The smallest absolute Gasteiger partial charge is 0.261 e. The summed E-state index contributed by atoms with van der Waals surface area (Å²) in [7, 11) is 0. The fourth-order valence-electron chi connectivity index (χ4n) is 5.28. The van der Waals surface area contributed by atoms with Gasteiger partial charge in [0.25, 0.3) is 5.91 Å². The van der Waals surface area contributed by atoms with Gasteiger partial charge in [-0.05, 0) is 112 Å². The Balaban J connectivity index is 0.000000190. The van der Waals surface area contributed by atoms with Crippen LogP contribution in [0.25, 0.3) is 33.8 Å². The number of Topliss-reactive ketones (excluding diaryl/α,β-unsaturated/α-hetero) is 1. The Morgan fingerprint density at radius 1 is 0.600 bits per heavy atom. The van der Waals surface area contributed by atoms with Crippen LogP contribution in [-0.4, -0.2) is 22.0 Å². The minimum atomic E-state index is -0.904. The molecule has 2 aromatic heterocycles. The Kier molecular flexibility index (Phi) is 13.5. The van der Waals surface area contributed by atoms with Gasteiger partial charge < -0.3 is 14.4 Å². The van der Waals surface area contributed by atoms with Gasteiger partial charge in [-0.2, -0.15) is 0 Å². The second-order valence-electron chi connectivity index (χ2n) is 12.8. The number of nitrogens with one attached hydrogen (secondary N) is 1. The third-order valence-electron chi connectivity index (χ3n) is 8.46. The molecule has 0 atom stereocenters. The number of aryl methyl sites for hydroxylation is 5. The van der Waals surface area contributed by atoms with Crippen molar-refractivity contribution in [3.05, 3.63) is 169 Å². The number of carbonyl (C=O) groups excluding carboxylic acids is 2. The molecule has 0 spiro atoms. The number of hydrogen-bond acceptors (Lipinski definition) is 6. The summed E-state index contributed by atoms with van der Waals surface area (Å²) in [5, 5.41) is 10.3. The van der Waals surface area contributed by atoms with Crippen molar-refractivity contribution in [3.8, 4) is 33.8 Å². The molecule has 55 heavy (non-hydrogen) atoms. The minimum absolute atomic E-state index is 0.103. The van der Waals surface area contributed by atoms with Crippen molar-refractivity contribution < 1.29 is 27.4 Å². The first-order chi connectivity index (χ1) is 26.2. The van der Waals surface area contributed by atoms with Crippen LogP contribution in [0.2, 0.25) is 0 Å². The molecule has 1 N–H and O–H groups in total. The molecule has 0 fully saturated rings. The molecule has 7 rings (SSSR count). The van der Waals surface area contributed by atoms with E-state index < -0.39 is 23.1 Å². The van der Waals surface area contributed by atoms with E-state index in [1.807, 2.05) is 100 Å². The van der Waals surface area contributed by atoms with Gasteiger partial charge in [0.2, 0.25) is 0 Å². The monoisotopic (exact) mass is 867 g/mol. The largest absolute Gasteiger partial charge is 0.356 e. The summed E-state index contributed by atoms with van der Waals surface area (Å²) in [6.07, 6.45) is 0. The van der Waals surface area contributed by atoms with Crippen LogP contribution in [0, 0.1) is 46.3 Å². The molecule has 0 unspecified atom stereocenters. The summed E-state index contributed by atoms with van der Waals surface area (Å²) < 4.78 is 40.2. The molecule has 7 aromatic rings. The van der Waals surface area contributed by atoms with Gasteiger partial charge in [-0.15, -0.1) is 0 Å². The van der Waals surface area contributed by atoms with Gasteiger partial charge in [0, 0.05) is 43.5 Å². The number of ketones is 1. The highest BCUT2D eigenvalue weighted by Gasteiger charge is 2.17. The molecule has 0 aliphatic rings. The molecule has 11 heteroatoms. The Morgan fingerprint density at radius 3 is 1.58 bits per heavy atom. The van der Waals surface area contributed by atoms with Gasteiger partial charge in [0.1, 0.15) is 17.2 Å². The highest BCUT2D eigenvalue weighted by Crippen LogP contribution is 2.31. The van der Waals surface area contributed by atoms with E-state index in [0.29, 0.717) is 11.4 Å². The second-order valence-corrected chi connectivity index (χ2v) is 14.5. The number of rotatable bonds is 6. The molecule has 0 radical (unpaired) electrons. The SMILES string of the molecule is CC(=O)c1ccc(C)c(Br)c1.Cc1cc(-c2ccc(C)c(-c3ccc(NC(=O)c4c(F)cccc4F)cc3)c2)on1.Cc1cc(-c2ccc(C)c(Br)c2)on1. The first kappa shape index (κ1) is 40.7. The van der Waals surface area contributed by atoms with Crippen molar-refractivity contribution in [2.45, 2.75) is 41.5 Å². The van der Waals surface area contributed by atoms with E-state index in [1.165, 1.54) is 11.6 Å². The lowest BCUT2D eigenvalue weighted by molar-refractivity contribution is 0.100.